The van der Waals surface area contributed by atoms with Crippen LogP contribution in [0.1, 0.15) is 31.7 Å². The Kier molecular flexibility index (Phi) is 4.96. The molecule has 122 valence electrons. The Bertz CT molecular complexity index is 710. The number of rotatable bonds is 4. The van der Waals surface area contributed by atoms with Crippen LogP contribution in [0.5, 0.6) is 0 Å². The molecule has 0 saturated carbocycles. The van der Waals surface area contributed by atoms with E-state index in [1.807, 2.05) is 12.1 Å². The molecule has 0 bridgehead atoms. The molecule has 3 rings (SSSR count). The first-order valence-electron chi connectivity index (χ1n) is 8.17. The molecule has 2 amide bonds. The third kappa shape index (κ3) is 3.55. The van der Waals surface area contributed by atoms with Crippen molar-refractivity contribution >= 4 is 33.2 Å². The highest BCUT2D eigenvalue weighted by Gasteiger charge is 2.29. The minimum atomic E-state index is -0.291. The average molecular weight is 330 g/mol. The molecule has 1 aliphatic heterocycles. The van der Waals surface area contributed by atoms with E-state index in [9.17, 15) is 9.59 Å². The molecular formula is C18H22N2O2S. The third-order valence-corrected chi connectivity index (χ3v) is 5.48. The smallest absolute Gasteiger partial charge is 0.242 e. The largest absolute Gasteiger partial charge is 0.354 e. The van der Waals surface area contributed by atoms with E-state index in [1.54, 1.807) is 23.2 Å². The summed E-state index contributed by atoms with van der Waals surface area (Å²) in [6.45, 7) is 2.85. The molecular weight excluding hydrogens is 308 g/mol. The minimum Gasteiger partial charge on any atom is -0.354 e. The first-order chi connectivity index (χ1) is 11.2. The highest BCUT2D eigenvalue weighted by atomic mass is 32.1. The van der Waals surface area contributed by atoms with Crippen LogP contribution in [0.25, 0.3) is 10.1 Å². The number of nitrogens with one attached hydrogen (secondary N) is 1. The van der Waals surface area contributed by atoms with E-state index in [-0.39, 0.29) is 17.9 Å². The van der Waals surface area contributed by atoms with Crippen LogP contribution in [0.4, 0.5) is 0 Å². The van der Waals surface area contributed by atoms with Crippen LogP contribution >= 0.6 is 11.3 Å². The zero-order valence-corrected chi connectivity index (χ0v) is 14.2. The van der Waals surface area contributed by atoms with Crippen molar-refractivity contribution in [1.29, 1.82) is 0 Å². The van der Waals surface area contributed by atoms with Gasteiger partial charge in [0.15, 0.2) is 0 Å². The number of amides is 2. The maximum absolute atomic E-state index is 12.4. The molecule has 1 atom stereocenters. The van der Waals surface area contributed by atoms with E-state index < -0.39 is 0 Å². The number of carbonyl (C=O) groups excluding carboxylic acids is 2. The molecule has 1 N–H and O–H groups in total. The van der Waals surface area contributed by atoms with Gasteiger partial charge in [0.1, 0.15) is 6.04 Å². The lowest BCUT2D eigenvalue weighted by molar-refractivity contribution is -0.140. The number of fused-ring (bicyclic) bond motifs is 1. The Morgan fingerprint density at radius 1 is 1.30 bits per heavy atom. The minimum absolute atomic E-state index is 0.00585. The molecule has 1 saturated heterocycles. The van der Waals surface area contributed by atoms with Crippen LogP contribution in [-0.4, -0.2) is 35.8 Å². The second kappa shape index (κ2) is 7.13. The summed E-state index contributed by atoms with van der Waals surface area (Å²) in [6.07, 6.45) is 3.59. The van der Waals surface area contributed by atoms with Gasteiger partial charge in [-0.05, 0) is 48.1 Å². The number of benzene rings is 1. The Labute approximate surface area is 140 Å². The zero-order chi connectivity index (χ0) is 16.2. The lowest BCUT2D eigenvalue weighted by atomic mass is 10.0. The zero-order valence-electron chi connectivity index (χ0n) is 13.4. The molecule has 0 spiro atoms. The number of thiophene rings is 1. The summed E-state index contributed by atoms with van der Waals surface area (Å²) >= 11 is 1.74. The van der Waals surface area contributed by atoms with Gasteiger partial charge in [-0.25, -0.2) is 0 Å². The first kappa shape index (κ1) is 16.0. The van der Waals surface area contributed by atoms with E-state index >= 15 is 0 Å². The maximum atomic E-state index is 12.4. The molecule has 2 aromatic rings. The molecule has 0 radical (unpaired) electrons. The van der Waals surface area contributed by atoms with E-state index in [1.165, 1.54) is 15.6 Å². The fraction of sp³-hybridized carbons (Fsp3) is 0.444. The molecule has 0 unspecified atom stereocenters. The average Bonchev–Trinajstić information content (AvgIpc) is 2.98. The van der Waals surface area contributed by atoms with Crippen molar-refractivity contribution in [3.63, 3.8) is 0 Å². The fourth-order valence-electron chi connectivity index (χ4n) is 3.25. The standard InChI is InChI=1S/C18H22N2O2S/c1-13(21)20-11-5-4-7-16(20)18(22)19-10-9-14-12-23-17-8-3-2-6-15(14)17/h2-3,6,8,12,16H,4-5,7,9-11H2,1H3,(H,19,22)/t16-/m1/s1. The Hall–Kier alpha value is -1.88. The maximum Gasteiger partial charge on any atom is 0.242 e. The quantitative estimate of drug-likeness (QED) is 0.937. The molecule has 1 fully saturated rings. The van der Waals surface area contributed by atoms with Gasteiger partial charge in [0.2, 0.25) is 11.8 Å². The summed E-state index contributed by atoms with van der Waals surface area (Å²) in [6, 6.07) is 8.05. The van der Waals surface area contributed by atoms with Crippen molar-refractivity contribution in [2.45, 2.75) is 38.6 Å². The molecule has 0 aliphatic carbocycles. The van der Waals surface area contributed by atoms with Crippen molar-refractivity contribution < 1.29 is 9.59 Å². The summed E-state index contributed by atoms with van der Waals surface area (Å²) in [4.78, 5) is 25.8. The number of hydrogen-bond donors (Lipinski definition) is 1. The van der Waals surface area contributed by atoms with E-state index in [4.69, 9.17) is 0 Å². The molecule has 2 heterocycles. The SMILES string of the molecule is CC(=O)N1CCCC[C@@H]1C(=O)NCCc1csc2ccccc12. The van der Waals surface area contributed by atoms with Crippen molar-refractivity contribution in [3.8, 4) is 0 Å². The molecule has 1 aromatic carbocycles. The Morgan fingerprint density at radius 3 is 2.96 bits per heavy atom. The van der Waals surface area contributed by atoms with Crippen molar-refractivity contribution in [2.75, 3.05) is 13.1 Å². The molecule has 5 heteroatoms. The van der Waals surface area contributed by atoms with Gasteiger partial charge in [-0.15, -0.1) is 11.3 Å². The number of likely N-dealkylation sites (tertiary alicyclic amines) is 1. The Morgan fingerprint density at radius 2 is 2.13 bits per heavy atom. The van der Waals surface area contributed by atoms with Crippen LogP contribution in [0.2, 0.25) is 0 Å². The van der Waals surface area contributed by atoms with Gasteiger partial charge in [0, 0.05) is 24.7 Å². The van der Waals surface area contributed by atoms with Crippen LogP contribution in [0.15, 0.2) is 29.6 Å². The van der Waals surface area contributed by atoms with Gasteiger partial charge in [-0.1, -0.05) is 18.2 Å². The van der Waals surface area contributed by atoms with Gasteiger partial charge in [-0.3, -0.25) is 9.59 Å². The van der Waals surface area contributed by atoms with Crippen molar-refractivity contribution in [2.24, 2.45) is 0 Å². The lowest BCUT2D eigenvalue weighted by Gasteiger charge is -2.33. The van der Waals surface area contributed by atoms with Crippen LogP contribution in [-0.2, 0) is 16.0 Å². The molecule has 4 nitrogen and oxygen atoms in total. The number of piperidine rings is 1. The summed E-state index contributed by atoms with van der Waals surface area (Å²) in [5.41, 5.74) is 1.28. The first-order valence-corrected chi connectivity index (χ1v) is 9.05. The summed E-state index contributed by atoms with van der Waals surface area (Å²) in [5, 5.41) is 6.45. The lowest BCUT2D eigenvalue weighted by Crippen LogP contribution is -2.51. The molecule has 1 aromatic heterocycles. The van der Waals surface area contributed by atoms with Crippen molar-refractivity contribution in [1.82, 2.24) is 10.2 Å². The number of carbonyl (C=O) groups is 2. The second-order valence-electron chi connectivity index (χ2n) is 6.02. The van der Waals surface area contributed by atoms with E-state index in [0.717, 1.165) is 25.7 Å². The summed E-state index contributed by atoms with van der Waals surface area (Å²) in [5.74, 6) is -0.0203. The highest BCUT2D eigenvalue weighted by Crippen LogP contribution is 2.25. The van der Waals surface area contributed by atoms with E-state index in [0.29, 0.717) is 13.1 Å². The van der Waals surface area contributed by atoms with Crippen LogP contribution in [0, 0.1) is 0 Å². The van der Waals surface area contributed by atoms with Gasteiger partial charge in [-0.2, -0.15) is 0 Å². The predicted molar refractivity (Wildman–Crippen MR) is 93.6 cm³/mol. The normalized spacial score (nSPS) is 18.1. The Balaban J connectivity index is 1.57. The monoisotopic (exact) mass is 330 g/mol. The van der Waals surface area contributed by atoms with Gasteiger partial charge >= 0.3 is 0 Å². The topological polar surface area (TPSA) is 49.4 Å². The van der Waals surface area contributed by atoms with Gasteiger partial charge in [0.25, 0.3) is 0 Å². The van der Waals surface area contributed by atoms with Gasteiger partial charge < -0.3 is 10.2 Å². The predicted octanol–water partition coefficient (Wildman–Crippen LogP) is 2.96. The van der Waals surface area contributed by atoms with Crippen LogP contribution < -0.4 is 5.32 Å². The molecule has 23 heavy (non-hydrogen) atoms. The number of hydrogen-bond acceptors (Lipinski definition) is 3. The summed E-state index contributed by atoms with van der Waals surface area (Å²) < 4.78 is 1.28. The number of nitrogens with zero attached hydrogens (tertiary/aromatic N) is 1. The second-order valence-corrected chi connectivity index (χ2v) is 6.93. The summed E-state index contributed by atoms with van der Waals surface area (Å²) in [7, 11) is 0. The van der Waals surface area contributed by atoms with Crippen LogP contribution in [0.3, 0.4) is 0 Å². The fourth-order valence-corrected chi connectivity index (χ4v) is 4.24. The van der Waals surface area contributed by atoms with Crippen molar-refractivity contribution in [3.05, 3.63) is 35.2 Å². The highest BCUT2D eigenvalue weighted by molar-refractivity contribution is 7.17. The third-order valence-electron chi connectivity index (χ3n) is 4.46. The van der Waals surface area contributed by atoms with Gasteiger partial charge in [0.05, 0.1) is 0 Å². The van der Waals surface area contributed by atoms with E-state index in [2.05, 4.69) is 22.8 Å². The molecule has 1 aliphatic rings.